The fourth-order valence-corrected chi connectivity index (χ4v) is 2.84. The van der Waals surface area contributed by atoms with Crippen molar-refractivity contribution in [3.05, 3.63) is 70.4 Å². The average Bonchev–Trinajstić information content (AvgIpc) is 2.66. The summed E-state index contributed by atoms with van der Waals surface area (Å²) < 4.78 is 0. The van der Waals surface area contributed by atoms with Crippen molar-refractivity contribution in [1.82, 2.24) is 10.3 Å². The fraction of sp³-hybridized carbons (Fsp3) is 0.150. The predicted octanol–water partition coefficient (Wildman–Crippen LogP) is 4.12. The Morgan fingerprint density at radius 3 is 2.69 bits per heavy atom. The molecule has 26 heavy (non-hydrogen) atoms. The number of fused-ring (bicyclic) bond motifs is 1. The predicted molar refractivity (Wildman–Crippen MR) is 103 cm³/mol. The molecule has 0 atom stereocenters. The van der Waals surface area contributed by atoms with Gasteiger partial charge in [-0.25, -0.2) is 0 Å². The minimum absolute atomic E-state index is 0.0893. The van der Waals surface area contributed by atoms with Crippen LogP contribution in [-0.4, -0.2) is 17.4 Å². The molecule has 3 rings (SSSR count). The standard InChI is InChI=1S/C20H17ClN4O/c1-2-23-20(26)14-5-3-13(4-6-14)11-25-19-15(10-22)12-24-18-8-7-16(21)9-17(18)19/h3-9,12H,2,11H2,1H3,(H,23,26)(H,24,25). The van der Waals surface area contributed by atoms with Crippen LogP contribution in [0, 0.1) is 11.3 Å². The van der Waals surface area contributed by atoms with Crippen LogP contribution in [0.4, 0.5) is 5.69 Å². The molecule has 2 N–H and O–H groups in total. The lowest BCUT2D eigenvalue weighted by Gasteiger charge is -2.12. The van der Waals surface area contributed by atoms with E-state index in [1.165, 1.54) is 0 Å². The number of carbonyl (C=O) groups excluding carboxylic acids is 1. The van der Waals surface area contributed by atoms with Crippen LogP contribution in [0.25, 0.3) is 10.9 Å². The minimum Gasteiger partial charge on any atom is -0.379 e. The van der Waals surface area contributed by atoms with Gasteiger partial charge in [-0.3, -0.25) is 9.78 Å². The first kappa shape index (κ1) is 17.7. The van der Waals surface area contributed by atoms with Gasteiger partial charge in [-0.2, -0.15) is 5.26 Å². The fourth-order valence-electron chi connectivity index (χ4n) is 2.67. The molecule has 0 saturated heterocycles. The van der Waals surface area contributed by atoms with Crippen LogP contribution >= 0.6 is 11.6 Å². The minimum atomic E-state index is -0.0893. The highest BCUT2D eigenvalue weighted by Gasteiger charge is 2.10. The monoisotopic (exact) mass is 364 g/mol. The van der Waals surface area contributed by atoms with Crippen molar-refractivity contribution in [2.75, 3.05) is 11.9 Å². The SMILES string of the molecule is CCNC(=O)c1ccc(CNc2c(C#N)cnc3ccc(Cl)cc23)cc1. The highest BCUT2D eigenvalue weighted by atomic mass is 35.5. The number of aromatic nitrogens is 1. The highest BCUT2D eigenvalue weighted by Crippen LogP contribution is 2.28. The second-order valence-electron chi connectivity index (χ2n) is 5.73. The molecule has 6 heteroatoms. The van der Waals surface area contributed by atoms with Crippen LogP contribution < -0.4 is 10.6 Å². The van der Waals surface area contributed by atoms with Gasteiger partial charge in [0, 0.05) is 35.3 Å². The first-order valence-corrected chi connectivity index (χ1v) is 8.59. The van der Waals surface area contributed by atoms with E-state index >= 15 is 0 Å². The van der Waals surface area contributed by atoms with Crippen LogP contribution in [0.3, 0.4) is 0 Å². The van der Waals surface area contributed by atoms with Gasteiger partial charge in [0.05, 0.1) is 16.8 Å². The molecule has 0 bridgehead atoms. The van der Waals surface area contributed by atoms with E-state index in [0.29, 0.717) is 34.9 Å². The van der Waals surface area contributed by atoms with E-state index in [2.05, 4.69) is 21.7 Å². The van der Waals surface area contributed by atoms with Crippen LogP contribution in [0.5, 0.6) is 0 Å². The number of nitriles is 1. The third-order valence-corrected chi connectivity index (χ3v) is 4.21. The Bertz CT molecular complexity index is 993. The molecule has 130 valence electrons. The van der Waals surface area contributed by atoms with Gasteiger partial charge in [0.15, 0.2) is 0 Å². The zero-order valence-corrected chi connectivity index (χ0v) is 15.0. The Labute approximate surface area is 156 Å². The van der Waals surface area contributed by atoms with Crippen molar-refractivity contribution in [2.45, 2.75) is 13.5 Å². The Hall–Kier alpha value is -3.10. The molecule has 1 heterocycles. The molecule has 0 aliphatic heterocycles. The zero-order valence-electron chi connectivity index (χ0n) is 14.2. The van der Waals surface area contributed by atoms with Gasteiger partial charge in [-0.1, -0.05) is 23.7 Å². The zero-order chi connectivity index (χ0) is 18.5. The first-order chi connectivity index (χ1) is 12.6. The van der Waals surface area contributed by atoms with Gasteiger partial charge in [0.1, 0.15) is 6.07 Å². The van der Waals surface area contributed by atoms with E-state index in [1.807, 2.05) is 25.1 Å². The number of carbonyl (C=O) groups is 1. The summed E-state index contributed by atoms with van der Waals surface area (Å²) in [6, 6.07) is 14.9. The smallest absolute Gasteiger partial charge is 0.251 e. The molecule has 0 radical (unpaired) electrons. The lowest BCUT2D eigenvalue weighted by molar-refractivity contribution is 0.0956. The maximum Gasteiger partial charge on any atom is 0.251 e. The third kappa shape index (κ3) is 3.76. The molecule has 1 aromatic heterocycles. The molecule has 0 spiro atoms. The maximum absolute atomic E-state index is 11.8. The summed E-state index contributed by atoms with van der Waals surface area (Å²) in [5.74, 6) is -0.0893. The summed E-state index contributed by atoms with van der Waals surface area (Å²) in [6.07, 6.45) is 1.55. The Kier molecular flexibility index (Phi) is 5.35. The van der Waals surface area contributed by atoms with Crippen molar-refractivity contribution >= 4 is 34.1 Å². The largest absolute Gasteiger partial charge is 0.379 e. The molecule has 0 fully saturated rings. The number of nitrogens with one attached hydrogen (secondary N) is 2. The molecule has 2 aromatic carbocycles. The van der Waals surface area contributed by atoms with Crippen molar-refractivity contribution < 1.29 is 4.79 Å². The quantitative estimate of drug-likeness (QED) is 0.713. The lowest BCUT2D eigenvalue weighted by atomic mass is 10.1. The number of anilines is 1. The maximum atomic E-state index is 11.8. The van der Waals surface area contributed by atoms with Gasteiger partial charge in [-0.15, -0.1) is 0 Å². The third-order valence-electron chi connectivity index (χ3n) is 3.97. The van der Waals surface area contributed by atoms with Crippen molar-refractivity contribution in [3.63, 3.8) is 0 Å². The molecule has 0 aliphatic rings. The summed E-state index contributed by atoms with van der Waals surface area (Å²) in [5.41, 5.74) is 3.54. The van der Waals surface area contributed by atoms with Gasteiger partial charge in [-0.05, 0) is 42.8 Å². The summed E-state index contributed by atoms with van der Waals surface area (Å²) >= 11 is 6.10. The van der Waals surface area contributed by atoms with Gasteiger partial charge >= 0.3 is 0 Å². The van der Waals surface area contributed by atoms with E-state index in [0.717, 1.165) is 16.5 Å². The van der Waals surface area contributed by atoms with E-state index in [9.17, 15) is 10.1 Å². The van der Waals surface area contributed by atoms with Crippen molar-refractivity contribution in [3.8, 4) is 6.07 Å². The first-order valence-electron chi connectivity index (χ1n) is 8.21. The number of hydrogen-bond acceptors (Lipinski definition) is 4. The highest BCUT2D eigenvalue weighted by molar-refractivity contribution is 6.31. The summed E-state index contributed by atoms with van der Waals surface area (Å²) in [5, 5.41) is 16.8. The second-order valence-corrected chi connectivity index (χ2v) is 6.17. The topological polar surface area (TPSA) is 77.8 Å². The molecule has 0 saturated carbocycles. The van der Waals surface area contributed by atoms with E-state index in [-0.39, 0.29) is 5.91 Å². The number of amides is 1. The number of rotatable bonds is 5. The summed E-state index contributed by atoms with van der Waals surface area (Å²) in [4.78, 5) is 16.1. The molecular formula is C20H17ClN4O. The number of nitrogens with zero attached hydrogens (tertiary/aromatic N) is 2. The lowest BCUT2D eigenvalue weighted by Crippen LogP contribution is -2.22. The van der Waals surface area contributed by atoms with Crippen LogP contribution in [0.1, 0.15) is 28.4 Å². The van der Waals surface area contributed by atoms with Gasteiger partial charge < -0.3 is 10.6 Å². The summed E-state index contributed by atoms with van der Waals surface area (Å²) in [7, 11) is 0. The van der Waals surface area contributed by atoms with E-state index in [4.69, 9.17) is 11.6 Å². The molecule has 3 aromatic rings. The number of halogens is 1. The van der Waals surface area contributed by atoms with E-state index < -0.39 is 0 Å². The molecule has 1 amide bonds. The average molecular weight is 365 g/mol. The molecule has 0 unspecified atom stereocenters. The number of hydrogen-bond donors (Lipinski definition) is 2. The Morgan fingerprint density at radius 1 is 1.23 bits per heavy atom. The van der Waals surface area contributed by atoms with Crippen molar-refractivity contribution in [2.24, 2.45) is 0 Å². The van der Waals surface area contributed by atoms with Gasteiger partial charge in [0.2, 0.25) is 0 Å². The van der Waals surface area contributed by atoms with Crippen LogP contribution in [0.15, 0.2) is 48.7 Å². The van der Waals surface area contributed by atoms with Crippen molar-refractivity contribution in [1.29, 1.82) is 5.26 Å². The Morgan fingerprint density at radius 2 is 2.00 bits per heavy atom. The summed E-state index contributed by atoms with van der Waals surface area (Å²) in [6.45, 7) is 2.99. The second kappa shape index (κ2) is 7.85. The number of benzene rings is 2. The van der Waals surface area contributed by atoms with E-state index in [1.54, 1.807) is 30.5 Å². The molecule has 0 aliphatic carbocycles. The molecular weight excluding hydrogens is 348 g/mol. The normalized spacial score (nSPS) is 10.3. The number of pyridine rings is 1. The van der Waals surface area contributed by atoms with Crippen LogP contribution in [-0.2, 0) is 6.54 Å². The molecule has 5 nitrogen and oxygen atoms in total. The van der Waals surface area contributed by atoms with Gasteiger partial charge in [0.25, 0.3) is 5.91 Å². The Balaban J connectivity index is 1.84. The van der Waals surface area contributed by atoms with Crippen LogP contribution in [0.2, 0.25) is 5.02 Å².